The zero-order chi connectivity index (χ0) is 25.8. The summed E-state index contributed by atoms with van der Waals surface area (Å²) in [5, 5.41) is 0.226. The molecule has 1 saturated heterocycles. The summed E-state index contributed by atoms with van der Waals surface area (Å²) in [4.78, 5) is 19.5. The topological polar surface area (TPSA) is 69.1 Å². The summed E-state index contributed by atoms with van der Waals surface area (Å²) >= 11 is 5.69. The van der Waals surface area contributed by atoms with Gasteiger partial charge in [-0.05, 0) is 61.3 Å². The predicted molar refractivity (Wildman–Crippen MR) is 143 cm³/mol. The van der Waals surface area contributed by atoms with Gasteiger partial charge in [0, 0.05) is 24.4 Å². The molecule has 3 heterocycles. The number of anilines is 1. The smallest absolute Gasteiger partial charge is 0.420 e. The molecule has 0 unspecified atom stereocenters. The van der Waals surface area contributed by atoms with Gasteiger partial charge in [-0.25, -0.2) is 9.78 Å². The maximum atomic E-state index is 13.8. The number of nitrogens with zero attached hydrogens (tertiary/aromatic N) is 3. The Morgan fingerprint density at radius 3 is 2.74 bits per heavy atom. The first-order valence-corrected chi connectivity index (χ1v) is 12.8. The molecule has 1 aromatic heterocycles. The molecular weight excluding hydrogens is 498 g/mol. The molecule has 8 heteroatoms. The molecule has 7 nitrogen and oxygen atoms in total. The normalized spacial score (nSPS) is 30.1. The Morgan fingerprint density at radius 2 is 1.89 bits per heavy atom. The standard InChI is InChI=1S/C30H21N3O4S/c34-26(35-22-11-4-3-5-12-22)33-24-14-8-7-13-23(24)30-28(36-27(38)32-20-19-31-21-32)16-9-2-1-6-15-25(33)29(30,37-30)18-10-17-28/h1-5,7-8,11-14,19-21,25H,10,17-18H2/b2-1-/t25-,28-,29-,30-/m0/s1. The second kappa shape index (κ2) is 8.32. The van der Waals surface area contributed by atoms with Gasteiger partial charge in [0.15, 0.2) is 5.60 Å². The number of ether oxygens (including phenoxy) is 3. The number of rotatable bonds is 2. The Bertz CT molecular complexity index is 1610. The summed E-state index contributed by atoms with van der Waals surface area (Å²) in [7, 11) is 0. The largest absolute Gasteiger partial charge is 0.447 e. The van der Waals surface area contributed by atoms with Crippen LogP contribution < -0.4 is 9.64 Å². The van der Waals surface area contributed by atoms with Crippen LogP contribution >= 0.6 is 12.2 Å². The Labute approximate surface area is 225 Å². The summed E-state index contributed by atoms with van der Waals surface area (Å²) in [5.41, 5.74) is -1.50. The van der Waals surface area contributed by atoms with E-state index in [-0.39, 0.29) is 5.17 Å². The van der Waals surface area contributed by atoms with E-state index in [1.54, 1.807) is 52.5 Å². The summed E-state index contributed by atoms with van der Waals surface area (Å²) in [6.45, 7) is 0. The summed E-state index contributed by atoms with van der Waals surface area (Å²) < 4.78 is 21.0. The lowest BCUT2D eigenvalue weighted by molar-refractivity contribution is 0.00688. The molecule has 4 aliphatic rings. The van der Waals surface area contributed by atoms with Crippen LogP contribution in [-0.2, 0) is 15.1 Å². The highest BCUT2D eigenvalue weighted by Crippen LogP contribution is 2.74. The van der Waals surface area contributed by atoms with E-state index >= 15 is 0 Å². The Hall–Kier alpha value is -4.37. The number of para-hydroxylation sites is 2. The van der Waals surface area contributed by atoms with Gasteiger partial charge >= 0.3 is 6.09 Å². The number of carbonyl (C=O) groups is 1. The van der Waals surface area contributed by atoms with Crippen LogP contribution in [0, 0.1) is 23.7 Å². The van der Waals surface area contributed by atoms with Gasteiger partial charge in [-0.2, -0.15) is 0 Å². The van der Waals surface area contributed by atoms with Crippen LogP contribution in [0.2, 0.25) is 0 Å². The lowest BCUT2D eigenvalue weighted by Gasteiger charge is -2.47. The van der Waals surface area contributed by atoms with Gasteiger partial charge < -0.3 is 14.2 Å². The van der Waals surface area contributed by atoms with Crippen LogP contribution in [0.15, 0.2) is 85.5 Å². The number of thiocarbonyl (C=S) groups is 1. The molecule has 2 aliphatic carbocycles. The number of imidazole rings is 1. The molecule has 2 aliphatic heterocycles. The van der Waals surface area contributed by atoms with Crippen LogP contribution in [-0.4, -0.2) is 38.1 Å². The number of epoxide rings is 1. The first-order valence-electron chi connectivity index (χ1n) is 12.4. The van der Waals surface area contributed by atoms with E-state index in [4.69, 9.17) is 26.4 Å². The van der Waals surface area contributed by atoms with Gasteiger partial charge in [0.2, 0.25) is 5.60 Å². The maximum Gasteiger partial charge on any atom is 0.420 e. The molecule has 0 spiro atoms. The van der Waals surface area contributed by atoms with Crippen molar-refractivity contribution in [3.8, 4) is 29.4 Å². The number of benzene rings is 2. The van der Waals surface area contributed by atoms with Crippen molar-refractivity contribution in [3.63, 3.8) is 0 Å². The number of aromatic nitrogens is 2. The van der Waals surface area contributed by atoms with Gasteiger partial charge in [-0.1, -0.05) is 54.2 Å². The molecule has 0 radical (unpaired) electrons. The van der Waals surface area contributed by atoms with Crippen molar-refractivity contribution >= 4 is 29.2 Å². The summed E-state index contributed by atoms with van der Waals surface area (Å²) in [6, 6.07) is 16.0. The molecule has 2 fully saturated rings. The number of amides is 1. The van der Waals surface area contributed by atoms with Crippen LogP contribution in [0.3, 0.4) is 0 Å². The molecular formula is C30H21N3O4S. The van der Waals surface area contributed by atoms with Crippen molar-refractivity contribution in [1.82, 2.24) is 9.55 Å². The van der Waals surface area contributed by atoms with Gasteiger partial charge in [0.25, 0.3) is 5.17 Å². The molecule has 4 bridgehead atoms. The monoisotopic (exact) mass is 519 g/mol. The quantitative estimate of drug-likeness (QED) is 0.280. The highest BCUT2D eigenvalue weighted by atomic mass is 32.1. The molecule has 2 aromatic carbocycles. The third-order valence-electron chi connectivity index (χ3n) is 7.64. The van der Waals surface area contributed by atoms with Crippen LogP contribution in [0.4, 0.5) is 10.5 Å². The minimum absolute atomic E-state index is 0.226. The fourth-order valence-corrected chi connectivity index (χ4v) is 6.40. The minimum atomic E-state index is -1.11. The van der Waals surface area contributed by atoms with E-state index in [1.165, 1.54) is 0 Å². The molecule has 7 rings (SSSR count). The lowest BCUT2D eigenvalue weighted by Crippen LogP contribution is -2.63. The van der Waals surface area contributed by atoms with Crippen molar-refractivity contribution in [2.75, 3.05) is 4.90 Å². The number of hydrogen-bond acceptors (Lipinski definition) is 6. The van der Waals surface area contributed by atoms with Gasteiger partial charge in [0.05, 0.1) is 5.69 Å². The summed E-state index contributed by atoms with van der Waals surface area (Å²) in [5.74, 6) is 13.3. The van der Waals surface area contributed by atoms with Crippen molar-refractivity contribution in [1.29, 1.82) is 0 Å². The molecule has 3 aromatic rings. The SMILES string of the molecule is O=C(Oc1ccccc1)N1c2ccccc2[C@@]23O[C@]24CCC[C@@]3(OC(=S)n2ccnc2)C#C/C=C\C#C[C@H]14. The number of hydrogen-bond donors (Lipinski definition) is 0. The Kier molecular flexibility index (Phi) is 4.99. The van der Waals surface area contributed by atoms with E-state index in [0.717, 1.165) is 12.0 Å². The first kappa shape index (κ1) is 22.8. The van der Waals surface area contributed by atoms with Crippen LogP contribution in [0.5, 0.6) is 5.75 Å². The van der Waals surface area contributed by atoms with Crippen LogP contribution in [0.25, 0.3) is 0 Å². The molecule has 186 valence electrons. The Morgan fingerprint density at radius 1 is 1.08 bits per heavy atom. The lowest BCUT2D eigenvalue weighted by atomic mass is 9.61. The van der Waals surface area contributed by atoms with E-state index in [9.17, 15) is 4.79 Å². The first-order chi connectivity index (χ1) is 18.6. The molecule has 0 N–H and O–H groups in total. The second-order valence-electron chi connectivity index (χ2n) is 9.55. The van der Waals surface area contributed by atoms with Crippen molar-refractivity contribution in [2.45, 2.75) is 42.1 Å². The molecule has 1 amide bonds. The second-order valence-corrected chi connectivity index (χ2v) is 9.90. The summed E-state index contributed by atoms with van der Waals surface area (Å²) in [6.07, 6.45) is 9.82. The third kappa shape index (κ3) is 3.05. The maximum absolute atomic E-state index is 13.8. The zero-order valence-corrected chi connectivity index (χ0v) is 21.0. The predicted octanol–water partition coefficient (Wildman–Crippen LogP) is 4.58. The number of fused-ring (bicyclic) bond motifs is 1. The Balaban J connectivity index is 1.41. The van der Waals surface area contributed by atoms with Crippen LogP contribution in [0.1, 0.15) is 24.8 Å². The number of allylic oxidation sites excluding steroid dienone is 2. The van der Waals surface area contributed by atoms with E-state index in [0.29, 0.717) is 24.3 Å². The van der Waals surface area contributed by atoms with Crippen molar-refractivity contribution < 1.29 is 19.0 Å². The van der Waals surface area contributed by atoms with Crippen molar-refractivity contribution in [2.24, 2.45) is 0 Å². The van der Waals surface area contributed by atoms with Crippen molar-refractivity contribution in [3.05, 3.63) is 91.0 Å². The molecule has 1 saturated carbocycles. The number of carbonyl (C=O) groups excluding carboxylic acids is 1. The minimum Gasteiger partial charge on any atom is -0.447 e. The third-order valence-corrected chi connectivity index (χ3v) is 7.94. The molecule has 38 heavy (non-hydrogen) atoms. The van der Waals surface area contributed by atoms with E-state index in [1.807, 2.05) is 42.5 Å². The van der Waals surface area contributed by atoms with E-state index < -0.39 is 28.9 Å². The average molecular weight is 520 g/mol. The average Bonchev–Trinajstić information content (AvgIpc) is 3.37. The fraction of sp³-hybridized carbons (Fsp3) is 0.233. The fourth-order valence-electron chi connectivity index (χ4n) is 6.15. The highest BCUT2D eigenvalue weighted by molar-refractivity contribution is 7.80. The highest BCUT2D eigenvalue weighted by Gasteiger charge is 2.87. The van der Waals surface area contributed by atoms with Gasteiger partial charge in [-0.3, -0.25) is 9.47 Å². The van der Waals surface area contributed by atoms with E-state index in [2.05, 4.69) is 28.7 Å². The molecule has 4 atom stereocenters. The zero-order valence-electron chi connectivity index (χ0n) is 20.2. The van der Waals surface area contributed by atoms with Gasteiger partial charge in [0.1, 0.15) is 23.7 Å². The van der Waals surface area contributed by atoms with Gasteiger partial charge in [-0.15, -0.1) is 0 Å².